The van der Waals surface area contributed by atoms with E-state index in [2.05, 4.69) is 72.9 Å². The molecule has 3 heteroatoms. The van der Waals surface area contributed by atoms with Gasteiger partial charge < -0.3 is 14.7 Å². The van der Waals surface area contributed by atoms with Crippen LogP contribution in [0.15, 0.2) is 37.4 Å². The SMILES string of the molecule is C=C(c1cccc(C(=C)N2CCC(C)C2)c1)N1CCC(N2CCCC2)CC1.CC.CCCCCC. The van der Waals surface area contributed by atoms with Gasteiger partial charge in [-0.2, -0.15) is 0 Å². The van der Waals surface area contributed by atoms with Crippen molar-refractivity contribution in [2.75, 3.05) is 39.3 Å². The summed E-state index contributed by atoms with van der Waals surface area (Å²) in [6.45, 7) is 26.8. The Morgan fingerprint density at radius 1 is 0.800 bits per heavy atom. The summed E-state index contributed by atoms with van der Waals surface area (Å²) in [7, 11) is 0. The van der Waals surface area contributed by atoms with E-state index in [9.17, 15) is 0 Å². The molecule has 3 saturated heterocycles. The number of hydrogen-bond acceptors (Lipinski definition) is 3. The Hall–Kier alpha value is -1.74. The lowest BCUT2D eigenvalue weighted by atomic mass is 10.0. The third-order valence-corrected chi connectivity index (χ3v) is 7.79. The molecule has 35 heavy (non-hydrogen) atoms. The molecule has 198 valence electrons. The molecule has 0 N–H and O–H groups in total. The van der Waals surface area contributed by atoms with Gasteiger partial charge in [0.15, 0.2) is 0 Å². The van der Waals surface area contributed by atoms with E-state index >= 15 is 0 Å². The molecule has 3 aliphatic rings. The number of likely N-dealkylation sites (tertiary alicyclic amines) is 3. The predicted octanol–water partition coefficient (Wildman–Crippen LogP) is 8.14. The average Bonchev–Trinajstić information content (AvgIpc) is 3.61. The number of benzene rings is 1. The molecule has 1 aromatic rings. The maximum absolute atomic E-state index is 4.45. The highest BCUT2D eigenvalue weighted by atomic mass is 15.2. The van der Waals surface area contributed by atoms with Gasteiger partial charge in [0.05, 0.1) is 0 Å². The predicted molar refractivity (Wildman–Crippen MR) is 156 cm³/mol. The summed E-state index contributed by atoms with van der Waals surface area (Å²) in [6, 6.07) is 9.65. The summed E-state index contributed by atoms with van der Waals surface area (Å²) >= 11 is 0. The van der Waals surface area contributed by atoms with Crippen molar-refractivity contribution in [1.82, 2.24) is 14.7 Å². The second kappa shape index (κ2) is 16.1. The molecule has 0 bridgehead atoms. The number of nitrogens with zero attached hydrogens (tertiary/aromatic N) is 3. The van der Waals surface area contributed by atoms with Gasteiger partial charge in [0.25, 0.3) is 0 Å². The van der Waals surface area contributed by atoms with Crippen LogP contribution in [-0.4, -0.2) is 60.0 Å². The fourth-order valence-electron chi connectivity index (χ4n) is 5.53. The Bertz CT molecular complexity index is 737. The van der Waals surface area contributed by atoms with Gasteiger partial charge >= 0.3 is 0 Å². The van der Waals surface area contributed by atoms with E-state index < -0.39 is 0 Å². The van der Waals surface area contributed by atoms with E-state index in [0.717, 1.165) is 38.1 Å². The maximum atomic E-state index is 4.45. The minimum atomic E-state index is 0.775. The van der Waals surface area contributed by atoms with Crippen molar-refractivity contribution < 1.29 is 0 Å². The van der Waals surface area contributed by atoms with Gasteiger partial charge in [0, 0.05) is 43.6 Å². The van der Waals surface area contributed by atoms with E-state index in [4.69, 9.17) is 0 Å². The van der Waals surface area contributed by atoms with Crippen LogP contribution >= 0.6 is 0 Å². The zero-order chi connectivity index (χ0) is 25.6. The van der Waals surface area contributed by atoms with Crippen LogP contribution in [0.3, 0.4) is 0 Å². The van der Waals surface area contributed by atoms with Crippen LogP contribution in [0, 0.1) is 5.92 Å². The van der Waals surface area contributed by atoms with Gasteiger partial charge in [-0.3, -0.25) is 0 Å². The van der Waals surface area contributed by atoms with E-state index in [1.807, 2.05) is 13.8 Å². The molecule has 3 nitrogen and oxygen atoms in total. The van der Waals surface area contributed by atoms with Gasteiger partial charge in [-0.25, -0.2) is 0 Å². The highest BCUT2D eigenvalue weighted by Crippen LogP contribution is 2.29. The second-order valence-electron chi connectivity index (χ2n) is 10.5. The quantitative estimate of drug-likeness (QED) is 0.347. The molecule has 3 fully saturated rings. The van der Waals surface area contributed by atoms with Gasteiger partial charge in [-0.05, 0) is 68.3 Å². The molecule has 0 radical (unpaired) electrons. The van der Waals surface area contributed by atoms with Crippen molar-refractivity contribution in [3.63, 3.8) is 0 Å². The number of piperidine rings is 1. The summed E-state index contributed by atoms with van der Waals surface area (Å²) in [4.78, 5) is 7.64. The summed E-state index contributed by atoms with van der Waals surface area (Å²) < 4.78 is 0. The number of unbranched alkanes of at least 4 members (excludes halogenated alkanes) is 3. The Balaban J connectivity index is 0.000000474. The zero-order valence-corrected chi connectivity index (χ0v) is 23.8. The van der Waals surface area contributed by atoms with E-state index in [1.54, 1.807) is 0 Å². The average molecular weight is 482 g/mol. The summed E-state index contributed by atoms with van der Waals surface area (Å²) in [5, 5.41) is 0. The first-order chi connectivity index (χ1) is 17.0. The Morgan fingerprint density at radius 2 is 1.31 bits per heavy atom. The standard InChI is InChI=1S/C24H35N3.C6H14.C2H6/c1-19-9-14-27(18-19)21(3)23-8-6-7-22(17-23)20(2)25-15-10-24(11-16-25)26-12-4-5-13-26;1-3-5-6-4-2;1-2/h6-8,17,19,24H,2-5,9-16,18H2,1H3;3-6H2,1-2H3;1-2H3. The van der Waals surface area contributed by atoms with Crippen molar-refractivity contribution in [2.45, 2.75) is 98.4 Å². The number of rotatable bonds is 8. The molecule has 0 aliphatic carbocycles. The third kappa shape index (κ3) is 9.01. The largest absolute Gasteiger partial charge is 0.371 e. The summed E-state index contributed by atoms with van der Waals surface area (Å²) in [5.41, 5.74) is 4.84. The monoisotopic (exact) mass is 481 g/mol. The van der Waals surface area contributed by atoms with Crippen LogP contribution in [0.5, 0.6) is 0 Å². The zero-order valence-electron chi connectivity index (χ0n) is 23.8. The molecule has 0 spiro atoms. The minimum Gasteiger partial charge on any atom is -0.371 e. The van der Waals surface area contributed by atoms with Gasteiger partial charge in [-0.15, -0.1) is 0 Å². The van der Waals surface area contributed by atoms with Crippen LogP contribution in [0.1, 0.15) is 104 Å². The molecular formula is C32H55N3. The summed E-state index contributed by atoms with van der Waals surface area (Å²) in [5.74, 6) is 0.775. The van der Waals surface area contributed by atoms with Crippen molar-refractivity contribution >= 4 is 11.4 Å². The molecule has 4 rings (SSSR count). The maximum Gasteiger partial charge on any atom is 0.0367 e. The molecule has 0 aromatic heterocycles. The third-order valence-electron chi connectivity index (χ3n) is 7.79. The highest BCUT2D eigenvalue weighted by molar-refractivity contribution is 5.69. The molecule has 0 saturated carbocycles. The van der Waals surface area contributed by atoms with Crippen molar-refractivity contribution in [1.29, 1.82) is 0 Å². The van der Waals surface area contributed by atoms with Crippen molar-refractivity contribution in [3.8, 4) is 0 Å². The lowest BCUT2D eigenvalue weighted by Gasteiger charge is -2.38. The first-order valence-electron chi connectivity index (χ1n) is 14.8. The molecule has 0 amide bonds. The second-order valence-corrected chi connectivity index (χ2v) is 10.5. The lowest BCUT2D eigenvalue weighted by Crippen LogP contribution is -2.43. The highest BCUT2D eigenvalue weighted by Gasteiger charge is 2.27. The van der Waals surface area contributed by atoms with Crippen LogP contribution in [0.4, 0.5) is 0 Å². The van der Waals surface area contributed by atoms with Crippen molar-refractivity contribution in [2.24, 2.45) is 5.92 Å². The topological polar surface area (TPSA) is 9.72 Å². The normalized spacial score (nSPS) is 20.7. The summed E-state index contributed by atoms with van der Waals surface area (Å²) in [6.07, 6.45) is 12.1. The minimum absolute atomic E-state index is 0.775. The van der Waals surface area contributed by atoms with Gasteiger partial charge in [-0.1, -0.05) is 91.7 Å². The van der Waals surface area contributed by atoms with E-state index in [1.165, 1.54) is 93.4 Å². The first-order valence-corrected chi connectivity index (χ1v) is 14.8. The fraction of sp³-hybridized carbons (Fsp3) is 0.688. The molecule has 1 atom stereocenters. The Morgan fingerprint density at radius 3 is 1.80 bits per heavy atom. The van der Waals surface area contributed by atoms with Crippen molar-refractivity contribution in [3.05, 3.63) is 48.6 Å². The van der Waals surface area contributed by atoms with E-state index in [0.29, 0.717) is 0 Å². The fourth-order valence-corrected chi connectivity index (χ4v) is 5.53. The van der Waals surface area contributed by atoms with Gasteiger partial charge in [0.1, 0.15) is 0 Å². The molecule has 3 aliphatic heterocycles. The Labute approximate surface area is 218 Å². The smallest absolute Gasteiger partial charge is 0.0367 e. The Kier molecular flexibility index (Phi) is 13.6. The molecule has 1 aromatic carbocycles. The molecular weight excluding hydrogens is 426 g/mol. The van der Waals surface area contributed by atoms with Crippen LogP contribution in [-0.2, 0) is 0 Å². The molecule has 1 unspecified atom stereocenters. The molecule has 3 heterocycles. The van der Waals surface area contributed by atoms with Gasteiger partial charge in [0.2, 0.25) is 0 Å². The van der Waals surface area contributed by atoms with Crippen LogP contribution in [0.2, 0.25) is 0 Å². The lowest BCUT2D eigenvalue weighted by molar-refractivity contribution is 0.159. The van der Waals surface area contributed by atoms with Crippen LogP contribution in [0.25, 0.3) is 11.4 Å². The van der Waals surface area contributed by atoms with E-state index in [-0.39, 0.29) is 0 Å². The van der Waals surface area contributed by atoms with Crippen LogP contribution < -0.4 is 0 Å². The first kappa shape index (κ1) is 29.5. The number of hydrogen-bond donors (Lipinski definition) is 0.